The molecule has 0 aromatic heterocycles. The van der Waals surface area contributed by atoms with Crippen LogP contribution >= 0.6 is 0 Å². The number of carbonyl (C=O) groups is 1. The van der Waals surface area contributed by atoms with Gasteiger partial charge in [-0.1, -0.05) is 19.9 Å². The van der Waals surface area contributed by atoms with Crippen LogP contribution in [0.4, 0.5) is 4.79 Å². The highest BCUT2D eigenvalue weighted by Crippen LogP contribution is 2.35. The number of hydrogen-bond donors (Lipinski definition) is 0. The van der Waals surface area contributed by atoms with Gasteiger partial charge in [-0.3, -0.25) is 0 Å². The van der Waals surface area contributed by atoms with Crippen molar-refractivity contribution in [2.24, 2.45) is 5.92 Å². The molecule has 2 aliphatic rings. The van der Waals surface area contributed by atoms with Gasteiger partial charge in [0.05, 0.1) is 33.0 Å². The Balaban J connectivity index is 1.68. The summed E-state index contributed by atoms with van der Waals surface area (Å²) >= 11 is 0. The molecule has 1 saturated heterocycles. The fourth-order valence-electron chi connectivity index (χ4n) is 3.52. The molecule has 1 aromatic rings. The average molecular weight is 377 g/mol. The summed E-state index contributed by atoms with van der Waals surface area (Å²) in [6, 6.07) is 5.89. The van der Waals surface area contributed by atoms with Crippen molar-refractivity contribution >= 4 is 6.09 Å². The van der Waals surface area contributed by atoms with Crippen molar-refractivity contribution in [3.63, 3.8) is 0 Å². The van der Waals surface area contributed by atoms with Gasteiger partial charge in [0.1, 0.15) is 6.10 Å². The maximum Gasteiger partial charge on any atom is 0.409 e. The molecule has 0 radical (unpaired) electrons. The lowest BCUT2D eigenvalue weighted by Gasteiger charge is -2.33. The Morgan fingerprint density at radius 2 is 2.04 bits per heavy atom. The lowest BCUT2D eigenvalue weighted by Crippen LogP contribution is -2.42. The highest BCUT2D eigenvalue weighted by molar-refractivity contribution is 5.67. The van der Waals surface area contributed by atoms with E-state index in [0.29, 0.717) is 32.2 Å². The monoisotopic (exact) mass is 377 g/mol. The van der Waals surface area contributed by atoms with E-state index in [1.165, 1.54) is 12.8 Å². The third kappa shape index (κ3) is 5.28. The van der Waals surface area contributed by atoms with Gasteiger partial charge in [-0.2, -0.15) is 0 Å². The van der Waals surface area contributed by atoms with E-state index in [1.807, 2.05) is 32.0 Å². The molecule has 1 aliphatic heterocycles. The summed E-state index contributed by atoms with van der Waals surface area (Å²) in [5, 5.41) is 0. The number of amides is 1. The molecule has 27 heavy (non-hydrogen) atoms. The predicted octanol–water partition coefficient (Wildman–Crippen LogP) is 4.18. The average Bonchev–Trinajstić information content (AvgIpc) is 3.19. The van der Waals surface area contributed by atoms with Gasteiger partial charge in [0.15, 0.2) is 11.5 Å². The van der Waals surface area contributed by atoms with Gasteiger partial charge in [-0.25, -0.2) is 4.79 Å². The number of rotatable bonds is 6. The van der Waals surface area contributed by atoms with Gasteiger partial charge in [0, 0.05) is 6.54 Å². The number of morpholine rings is 1. The van der Waals surface area contributed by atoms with Gasteiger partial charge in [0.2, 0.25) is 0 Å². The smallest absolute Gasteiger partial charge is 0.409 e. The first-order valence-corrected chi connectivity index (χ1v) is 9.94. The lowest BCUT2D eigenvalue weighted by atomic mass is 10.1. The standard InChI is InChI=1S/C21H31NO5/c1-15(2)14-26-21(23)22-10-11-25-20(13-22)16-8-9-18(24-3)19(12-16)27-17-6-4-5-7-17/h8-9,12,15,17,20H,4-7,10-11,13-14H2,1-3H3. The van der Waals surface area contributed by atoms with E-state index < -0.39 is 0 Å². The number of methoxy groups -OCH3 is 1. The van der Waals surface area contributed by atoms with Crippen molar-refractivity contribution < 1.29 is 23.7 Å². The molecule has 1 heterocycles. The van der Waals surface area contributed by atoms with Crippen LogP contribution in [-0.2, 0) is 9.47 Å². The first-order valence-electron chi connectivity index (χ1n) is 9.94. The molecule has 1 aliphatic carbocycles. The maximum absolute atomic E-state index is 12.3. The SMILES string of the molecule is COc1ccc(C2CN(C(=O)OCC(C)C)CCO2)cc1OC1CCCC1. The van der Waals surface area contributed by atoms with Crippen molar-refractivity contribution in [1.29, 1.82) is 0 Å². The summed E-state index contributed by atoms with van der Waals surface area (Å²) in [5.41, 5.74) is 0.991. The molecular weight excluding hydrogens is 346 g/mol. The van der Waals surface area contributed by atoms with Gasteiger partial charge in [-0.15, -0.1) is 0 Å². The number of ether oxygens (including phenoxy) is 4. The Labute approximate surface area is 161 Å². The summed E-state index contributed by atoms with van der Waals surface area (Å²) in [6.07, 6.45) is 4.39. The fourth-order valence-corrected chi connectivity index (χ4v) is 3.52. The zero-order valence-electron chi connectivity index (χ0n) is 16.6. The van der Waals surface area contributed by atoms with Crippen LogP contribution < -0.4 is 9.47 Å². The van der Waals surface area contributed by atoms with Crippen LogP contribution in [0.25, 0.3) is 0 Å². The van der Waals surface area contributed by atoms with Crippen molar-refractivity contribution in [3.8, 4) is 11.5 Å². The van der Waals surface area contributed by atoms with E-state index in [1.54, 1.807) is 12.0 Å². The van der Waals surface area contributed by atoms with Crippen LogP contribution in [0.2, 0.25) is 0 Å². The molecule has 6 nitrogen and oxygen atoms in total. The normalized spacial score (nSPS) is 20.7. The number of benzene rings is 1. The summed E-state index contributed by atoms with van der Waals surface area (Å²) < 4.78 is 22.9. The third-order valence-electron chi connectivity index (χ3n) is 5.02. The molecule has 0 spiro atoms. The quantitative estimate of drug-likeness (QED) is 0.744. The minimum Gasteiger partial charge on any atom is -0.493 e. The Hall–Kier alpha value is -1.95. The highest BCUT2D eigenvalue weighted by Gasteiger charge is 2.28. The molecule has 1 aromatic carbocycles. The minimum atomic E-state index is -0.270. The Kier molecular flexibility index (Phi) is 6.83. The second-order valence-electron chi connectivity index (χ2n) is 7.71. The number of nitrogens with zero attached hydrogens (tertiary/aromatic N) is 1. The van der Waals surface area contributed by atoms with Crippen LogP contribution in [0.15, 0.2) is 18.2 Å². The number of carbonyl (C=O) groups excluding carboxylic acids is 1. The molecule has 6 heteroatoms. The summed E-state index contributed by atoms with van der Waals surface area (Å²) in [7, 11) is 1.65. The largest absolute Gasteiger partial charge is 0.493 e. The molecule has 1 amide bonds. The van der Waals surface area contributed by atoms with E-state index in [-0.39, 0.29) is 18.3 Å². The van der Waals surface area contributed by atoms with E-state index in [9.17, 15) is 4.79 Å². The van der Waals surface area contributed by atoms with Crippen LogP contribution in [0.1, 0.15) is 51.2 Å². The van der Waals surface area contributed by atoms with Gasteiger partial charge >= 0.3 is 6.09 Å². The summed E-state index contributed by atoms with van der Waals surface area (Å²) in [5.74, 6) is 1.81. The van der Waals surface area contributed by atoms with E-state index in [0.717, 1.165) is 29.9 Å². The zero-order valence-corrected chi connectivity index (χ0v) is 16.6. The molecule has 2 fully saturated rings. The molecule has 1 atom stereocenters. The number of hydrogen-bond acceptors (Lipinski definition) is 5. The molecule has 1 saturated carbocycles. The predicted molar refractivity (Wildman–Crippen MR) is 102 cm³/mol. The van der Waals surface area contributed by atoms with Crippen molar-refractivity contribution in [2.45, 2.75) is 51.7 Å². The van der Waals surface area contributed by atoms with Crippen LogP contribution in [-0.4, -0.2) is 50.5 Å². The fraction of sp³-hybridized carbons (Fsp3) is 0.667. The first kappa shape index (κ1) is 19.8. The summed E-state index contributed by atoms with van der Waals surface area (Å²) in [4.78, 5) is 14.0. The Morgan fingerprint density at radius 1 is 1.26 bits per heavy atom. The van der Waals surface area contributed by atoms with E-state index in [2.05, 4.69) is 0 Å². The topological polar surface area (TPSA) is 57.2 Å². The minimum absolute atomic E-state index is 0.192. The third-order valence-corrected chi connectivity index (χ3v) is 5.02. The van der Waals surface area contributed by atoms with Crippen LogP contribution in [0.5, 0.6) is 11.5 Å². The molecule has 1 unspecified atom stereocenters. The van der Waals surface area contributed by atoms with Gasteiger partial charge < -0.3 is 23.8 Å². The lowest BCUT2D eigenvalue weighted by molar-refractivity contribution is -0.0298. The van der Waals surface area contributed by atoms with Crippen molar-refractivity contribution in [2.75, 3.05) is 33.4 Å². The molecule has 3 rings (SSSR count). The second-order valence-corrected chi connectivity index (χ2v) is 7.71. The molecule has 0 N–H and O–H groups in total. The van der Waals surface area contributed by atoms with E-state index in [4.69, 9.17) is 18.9 Å². The first-order chi connectivity index (χ1) is 13.1. The maximum atomic E-state index is 12.3. The Bertz CT molecular complexity index is 627. The van der Waals surface area contributed by atoms with Crippen LogP contribution in [0.3, 0.4) is 0 Å². The van der Waals surface area contributed by atoms with Gasteiger partial charge in [-0.05, 0) is 49.3 Å². The molecular formula is C21H31NO5. The zero-order chi connectivity index (χ0) is 19.2. The Morgan fingerprint density at radius 3 is 2.74 bits per heavy atom. The van der Waals surface area contributed by atoms with Gasteiger partial charge in [0.25, 0.3) is 0 Å². The highest BCUT2D eigenvalue weighted by atomic mass is 16.6. The van der Waals surface area contributed by atoms with Crippen molar-refractivity contribution in [1.82, 2.24) is 4.90 Å². The second kappa shape index (κ2) is 9.31. The molecule has 150 valence electrons. The summed E-state index contributed by atoms with van der Waals surface area (Å²) in [6.45, 7) is 6.01. The van der Waals surface area contributed by atoms with Crippen molar-refractivity contribution in [3.05, 3.63) is 23.8 Å². The molecule has 0 bridgehead atoms. The van der Waals surface area contributed by atoms with Crippen LogP contribution in [0, 0.1) is 5.92 Å². The van der Waals surface area contributed by atoms with E-state index >= 15 is 0 Å².